The van der Waals surface area contributed by atoms with Gasteiger partial charge in [0.1, 0.15) is 6.54 Å². The van der Waals surface area contributed by atoms with Crippen molar-refractivity contribution < 1.29 is 4.79 Å². The highest BCUT2D eigenvalue weighted by Crippen LogP contribution is 2.29. The van der Waals surface area contributed by atoms with Crippen LogP contribution in [0.1, 0.15) is 0 Å². The SMILES string of the molecule is O=C(Cn1ccnn1)Nc1ccc(Br)c2ccccc12. The second-order valence-electron chi connectivity index (χ2n) is 4.29. The molecule has 0 fully saturated rings. The Morgan fingerprint density at radius 1 is 1.20 bits per heavy atom. The first-order chi connectivity index (χ1) is 9.74. The number of nitrogens with zero attached hydrogens (tertiary/aromatic N) is 3. The van der Waals surface area contributed by atoms with Gasteiger partial charge in [0.25, 0.3) is 0 Å². The molecule has 0 aliphatic carbocycles. The molecule has 3 rings (SSSR count). The van der Waals surface area contributed by atoms with Crippen molar-refractivity contribution in [3.63, 3.8) is 0 Å². The molecule has 6 heteroatoms. The van der Waals surface area contributed by atoms with Crippen LogP contribution in [-0.4, -0.2) is 20.9 Å². The molecule has 0 atom stereocenters. The van der Waals surface area contributed by atoms with Crippen molar-refractivity contribution in [2.75, 3.05) is 5.32 Å². The predicted octanol–water partition coefficient (Wildman–Crippen LogP) is 2.83. The fraction of sp³-hybridized carbons (Fsp3) is 0.0714. The van der Waals surface area contributed by atoms with Crippen LogP contribution in [0.5, 0.6) is 0 Å². The normalized spacial score (nSPS) is 10.7. The Labute approximate surface area is 123 Å². The molecule has 0 unspecified atom stereocenters. The standard InChI is InChI=1S/C14H11BrN4O/c15-12-5-6-13(11-4-2-1-3-10(11)12)17-14(20)9-19-8-7-16-18-19/h1-8H,9H2,(H,17,20). The number of anilines is 1. The quantitative estimate of drug-likeness (QED) is 0.803. The van der Waals surface area contributed by atoms with Crippen LogP contribution in [0.4, 0.5) is 5.69 Å². The number of carbonyl (C=O) groups is 1. The van der Waals surface area contributed by atoms with Crippen LogP contribution in [-0.2, 0) is 11.3 Å². The van der Waals surface area contributed by atoms with E-state index < -0.39 is 0 Å². The first-order valence-electron chi connectivity index (χ1n) is 6.05. The summed E-state index contributed by atoms with van der Waals surface area (Å²) in [6, 6.07) is 11.7. The van der Waals surface area contributed by atoms with Gasteiger partial charge in [0, 0.05) is 21.7 Å². The molecular formula is C14H11BrN4O. The van der Waals surface area contributed by atoms with E-state index in [4.69, 9.17) is 0 Å². The molecule has 5 nitrogen and oxygen atoms in total. The third-order valence-electron chi connectivity index (χ3n) is 2.92. The lowest BCUT2D eigenvalue weighted by Gasteiger charge is -2.10. The van der Waals surface area contributed by atoms with Crippen molar-refractivity contribution in [3.05, 3.63) is 53.3 Å². The molecule has 0 spiro atoms. The van der Waals surface area contributed by atoms with E-state index in [9.17, 15) is 4.79 Å². The molecule has 0 aliphatic heterocycles. The number of hydrogen-bond acceptors (Lipinski definition) is 3. The third kappa shape index (κ3) is 2.55. The highest BCUT2D eigenvalue weighted by molar-refractivity contribution is 9.10. The van der Waals surface area contributed by atoms with E-state index in [1.165, 1.54) is 4.68 Å². The fourth-order valence-corrected chi connectivity index (χ4v) is 2.50. The zero-order chi connectivity index (χ0) is 13.9. The van der Waals surface area contributed by atoms with Crippen LogP contribution in [0, 0.1) is 0 Å². The molecule has 1 heterocycles. The van der Waals surface area contributed by atoms with E-state index in [0.29, 0.717) is 0 Å². The van der Waals surface area contributed by atoms with Crippen molar-refractivity contribution in [1.29, 1.82) is 0 Å². The van der Waals surface area contributed by atoms with Crippen molar-refractivity contribution in [2.24, 2.45) is 0 Å². The number of hydrogen-bond donors (Lipinski definition) is 1. The van der Waals surface area contributed by atoms with Gasteiger partial charge in [0.2, 0.25) is 5.91 Å². The van der Waals surface area contributed by atoms with Gasteiger partial charge in [-0.25, -0.2) is 4.68 Å². The van der Waals surface area contributed by atoms with Gasteiger partial charge in [-0.1, -0.05) is 45.4 Å². The van der Waals surface area contributed by atoms with Gasteiger partial charge in [-0.05, 0) is 17.5 Å². The van der Waals surface area contributed by atoms with E-state index >= 15 is 0 Å². The molecule has 3 aromatic rings. The Kier molecular flexibility index (Phi) is 3.47. The Bertz CT molecular complexity index is 755. The number of halogens is 1. The summed E-state index contributed by atoms with van der Waals surface area (Å²) >= 11 is 3.51. The van der Waals surface area contributed by atoms with Crippen molar-refractivity contribution in [3.8, 4) is 0 Å². The van der Waals surface area contributed by atoms with Gasteiger partial charge in [-0.3, -0.25) is 4.79 Å². The number of nitrogens with one attached hydrogen (secondary N) is 1. The maximum atomic E-state index is 12.0. The van der Waals surface area contributed by atoms with Gasteiger partial charge >= 0.3 is 0 Å². The van der Waals surface area contributed by atoms with E-state index in [1.807, 2.05) is 36.4 Å². The Balaban J connectivity index is 1.87. The number of rotatable bonds is 3. The summed E-state index contributed by atoms with van der Waals surface area (Å²) in [5, 5.41) is 12.4. The van der Waals surface area contributed by atoms with Gasteiger partial charge in [0.05, 0.1) is 6.20 Å². The first kappa shape index (κ1) is 12.8. The lowest BCUT2D eigenvalue weighted by molar-refractivity contribution is -0.116. The molecule has 1 N–H and O–H groups in total. The van der Waals surface area contributed by atoms with Crippen LogP contribution in [0.25, 0.3) is 10.8 Å². The molecule has 0 saturated carbocycles. The lowest BCUT2D eigenvalue weighted by atomic mass is 10.1. The molecule has 2 aromatic carbocycles. The minimum atomic E-state index is -0.136. The summed E-state index contributed by atoms with van der Waals surface area (Å²) < 4.78 is 2.48. The van der Waals surface area contributed by atoms with E-state index in [1.54, 1.807) is 12.4 Å². The van der Waals surface area contributed by atoms with E-state index in [-0.39, 0.29) is 12.5 Å². The van der Waals surface area contributed by atoms with Crippen molar-refractivity contribution in [2.45, 2.75) is 6.54 Å². The van der Waals surface area contributed by atoms with Gasteiger partial charge < -0.3 is 5.32 Å². The second-order valence-corrected chi connectivity index (χ2v) is 5.14. The number of amides is 1. The third-order valence-corrected chi connectivity index (χ3v) is 3.61. The number of carbonyl (C=O) groups excluding carboxylic acids is 1. The highest BCUT2D eigenvalue weighted by atomic mass is 79.9. The number of fused-ring (bicyclic) bond motifs is 1. The largest absolute Gasteiger partial charge is 0.324 e. The van der Waals surface area contributed by atoms with Crippen LogP contribution < -0.4 is 5.32 Å². The van der Waals surface area contributed by atoms with Crippen LogP contribution >= 0.6 is 15.9 Å². The van der Waals surface area contributed by atoms with Crippen LogP contribution in [0.3, 0.4) is 0 Å². The average Bonchev–Trinajstić information content (AvgIpc) is 2.95. The second kappa shape index (κ2) is 5.42. The van der Waals surface area contributed by atoms with Gasteiger partial charge in [-0.15, -0.1) is 5.10 Å². The molecule has 0 aliphatic rings. The predicted molar refractivity (Wildman–Crippen MR) is 80.3 cm³/mol. The Morgan fingerprint density at radius 2 is 2.00 bits per heavy atom. The zero-order valence-corrected chi connectivity index (χ0v) is 12.0. The molecule has 0 saturated heterocycles. The minimum Gasteiger partial charge on any atom is -0.324 e. The molecule has 1 aromatic heterocycles. The molecule has 0 radical (unpaired) electrons. The van der Waals surface area contributed by atoms with Crippen LogP contribution in [0.2, 0.25) is 0 Å². The zero-order valence-electron chi connectivity index (χ0n) is 10.5. The first-order valence-corrected chi connectivity index (χ1v) is 6.84. The lowest BCUT2D eigenvalue weighted by Crippen LogP contribution is -2.19. The molecule has 1 amide bonds. The van der Waals surface area contributed by atoms with Crippen molar-refractivity contribution in [1.82, 2.24) is 15.0 Å². The summed E-state index contributed by atoms with van der Waals surface area (Å²) in [4.78, 5) is 12.0. The molecular weight excluding hydrogens is 320 g/mol. The number of benzene rings is 2. The maximum Gasteiger partial charge on any atom is 0.246 e. The summed E-state index contributed by atoms with van der Waals surface area (Å²) in [5.74, 6) is -0.136. The molecule has 100 valence electrons. The van der Waals surface area contributed by atoms with Gasteiger partial charge in [-0.2, -0.15) is 0 Å². The monoisotopic (exact) mass is 330 g/mol. The van der Waals surface area contributed by atoms with E-state index in [2.05, 4.69) is 31.6 Å². The summed E-state index contributed by atoms with van der Waals surface area (Å²) in [6.07, 6.45) is 3.20. The molecule has 20 heavy (non-hydrogen) atoms. The summed E-state index contributed by atoms with van der Waals surface area (Å²) in [5.41, 5.74) is 0.786. The number of aromatic nitrogens is 3. The summed E-state index contributed by atoms with van der Waals surface area (Å²) in [7, 11) is 0. The topological polar surface area (TPSA) is 59.8 Å². The highest BCUT2D eigenvalue weighted by Gasteiger charge is 2.08. The van der Waals surface area contributed by atoms with Crippen LogP contribution in [0.15, 0.2) is 53.3 Å². The average molecular weight is 331 g/mol. The van der Waals surface area contributed by atoms with Gasteiger partial charge in [0.15, 0.2) is 0 Å². The minimum absolute atomic E-state index is 0.136. The molecule has 0 bridgehead atoms. The Morgan fingerprint density at radius 3 is 2.75 bits per heavy atom. The fourth-order valence-electron chi connectivity index (χ4n) is 2.03. The summed E-state index contributed by atoms with van der Waals surface area (Å²) in [6.45, 7) is 0.143. The smallest absolute Gasteiger partial charge is 0.246 e. The van der Waals surface area contributed by atoms with Crippen molar-refractivity contribution >= 4 is 38.3 Å². The Hall–Kier alpha value is -2.21. The maximum absolute atomic E-state index is 12.0. The van der Waals surface area contributed by atoms with E-state index in [0.717, 1.165) is 20.9 Å².